The van der Waals surface area contributed by atoms with Crippen LogP contribution in [0.4, 0.5) is 0 Å². The third-order valence-electron chi connectivity index (χ3n) is 12.1. The number of benzene rings is 7. The van der Waals surface area contributed by atoms with Gasteiger partial charge in [-0.3, -0.25) is 0 Å². The molecule has 0 aromatic heterocycles. The van der Waals surface area contributed by atoms with Crippen LogP contribution >= 0.6 is 0 Å². The number of aryl methyl sites for hydroxylation is 3. The Hall–Kier alpha value is -7.38. The Morgan fingerprint density at radius 1 is 0.557 bits per heavy atom. The van der Waals surface area contributed by atoms with Gasteiger partial charge in [-0.1, -0.05) is 258 Å². The number of terminal acetylenes is 2. The Bertz CT molecular complexity index is 2740. The molecule has 70 heavy (non-hydrogen) atoms. The molecule has 0 N–H and O–H groups in total. The second-order valence-corrected chi connectivity index (χ2v) is 17.8. The zero-order valence-corrected chi connectivity index (χ0v) is 44.1. The van der Waals surface area contributed by atoms with Gasteiger partial charge in [-0.25, -0.2) is 0 Å². The van der Waals surface area contributed by atoms with Crippen LogP contribution in [-0.4, -0.2) is 0 Å². The summed E-state index contributed by atoms with van der Waals surface area (Å²) in [6, 6.07) is 65.4. The van der Waals surface area contributed by atoms with Gasteiger partial charge < -0.3 is 0 Å². The van der Waals surface area contributed by atoms with Crippen molar-refractivity contribution in [3.8, 4) is 47.4 Å². The van der Waals surface area contributed by atoms with Crippen molar-refractivity contribution >= 4 is 5.57 Å². The summed E-state index contributed by atoms with van der Waals surface area (Å²) in [4.78, 5) is 0. The molecule has 0 saturated carbocycles. The van der Waals surface area contributed by atoms with E-state index < -0.39 is 0 Å². The van der Waals surface area contributed by atoms with Gasteiger partial charge in [-0.05, 0) is 145 Å². The molecule has 0 fully saturated rings. The summed E-state index contributed by atoms with van der Waals surface area (Å²) in [5.41, 5.74) is 19.8. The van der Waals surface area contributed by atoms with E-state index in [0.717, 1.165) is 6.42 Å². The van der Waals surface area contributed by atoms with E-state index in [9.17, 15) is 0 Å². The van der Waals surface area contributed by atoms with Gasteiger partial charge in [0.2, 0.25) is 0 Å². The molecule has 8 rings (SSSR count). The molecule has 7 aromatic carbocycles. The lowest BCUT2D eigenvalue weighted by molar-refractivity contribution is 0.733. The van der Waals surface area contributed by atoms with Crippen LogP contribution < -0.4 is 0 Å². The minimum absolute atomic E-state index is 0.263. The highest BCUT2D eigenvalue weighted by Crippen LogP contribution is 2.55. The van der Waals surface area contributed by atoms with Crippen molar-refractivity contribution in [1.82, 2.24) is 0 Å². The summed E-state index contributed by atoms with van der Waals surface area (Å²) in [5.74, 6) is 3.10. The van der Waals surface area contributed by atoms with Gasteiger partial charge in [0.25, 0.3) is 0 Å². The van der Waals surface area contributed by atoms with Crippen LogP contribution in [0, 0.1) is 46.0 Å². The molecule has 358 valence electrons. The van der Waals surface area contributed by atoms with E-state index in [1.807, 2.05) is 18.2 Å². The molecule has 0 saturated heterocycles. The minimum atomic E-state index is -0.263. The molecular formula is C70H78. The molecule has 1 aliphatic carbocycles. The maximum atomic E-state index is 4.94. The highest BCUT2D eigenvalue weighted by molar-refractivity contribution is 5.86. The lowest BCUT2D eigenvalue weighted by Gasteiger charge is -2.35. The maximum Gasteiger partial charge on any atom is 0.0710 e. The molecule has 0 amide bonds. The topological polar surface area (TPSA) is 0 Å². The maximum absolute atomic E-state index is 4.94. The Morgan fingerprint density at radius 3 is 1.56 bits per heavy atom. The van der Waals surface area contributed by atoms with Gasteiger partial charge >= 0.3 is 0 Å². The molecule has 0 radical (unpaired) electrons. The van der Waals surface area contributed by atoms with Crippen molar-refractivity contribution in [2.75, 3.05) is 0 Å². The second kappa shape index (κ2) is 30.9. The van der Waals surface area contributed by atoms with Crippen molar-refractivity contribution in [3.05, 3.63) is 268 Å². The summed E-state index contributed by atoms with van der Waals surface area (Å²) in [6.45, 7) is 23.9. The van der Waals surface area contributed by atoms with Crippen LogP contribution in [0.25, 0.3) is 27.8 Å². The van der Waals surface area contributed by atoms with E-state index in [-0.39, 0.29) is 5.41 Å². The first-order chi connectivity index (χ1) is 34.0. The Kier molecular flexibility index (Phi) is 25.1. The fraction of sp³-hybridized carbons (Fsp3) is 0.229. The molecule has 1 aliphatic rings. The predicted octanol–water partition coefficient (Wildman–Crippen LogP) is 19.7. The summed E-state index contributed by atoms with van der Waals surface area (Å²) < 4.78 is 0. The average Bonchev–Trinajstić information content (AvgIpc) is 3.64. The smallest absolute Gasteiger partial charge is 0.0710 e. The lowest BCUT2D eigenvalue weighted by atomic mass is 9.66. The first-order valence-electron chi connectivity index (χ1n) is 24.9. The molecule has 0 bridgehead atoms. The van der Waals surface area contributed by atoms with Gasteiger partial charge in [0.05, 0.1) is 5.41 Å². The van der Waals surface area contributed by atoms with E-state index in [2.05, 4.69) is 283 Å². The van der Waals surface area contributed by atoms with Gasteiger partial charge in [0.15, 0.2) is 0 Å². The quantitative estimate of drug-likeness (QED) is 0.1000. The number of rotatable bonds is 9. The van der Waals surface area contributed by atoms with Gasteiger partial charge in [0.1, 0.15) is 0 Å². The van der Waals surface area contributed by atoms with Gasteiger partial charge in [-0.15, -0.1) is 19.3 Å². The van der Waals surface area contributed by atoms with Crippen LogP contribution in [0.15, 0.2) is 224 Å². The van der Waals surface area contributed by atoms with Crippen LogP contribution in [-0.2, 0) is 5.41 Å². The van der Waals surface area contributed by atoms with Crippen LogP contribution in [0.5, 0.6) is 0 Å². The van der Waals surface area contributed by atoms with Crippen LogP contribution in [0.2, 0.25) is 0 Å². The summed E-state index contributed by atoms with van der Waals surface area (Å²) in [7, 11) is 0. The van der Waals surface area contributed by atoms with Crippen molar-refractivity contribution in [3.63, 3.8) is 0 Å². The largest absolute Gasteiger partial charge is 0.124 e. The highest BCUT2D eigenvalue weighted by atomic mass is 14.5. The Labute approximate surface area is 425 Å². The fourth-order valence-corrected chi connectivity index (χ4v) is 8.43. The molecule has 1 unspecified atom stereocenters. The van der Waals surface area contributed by atoms with Gasteiger partial charge in [0, 0.05) is 0 Å². The number of hydrogen-bond acceptors (Lipinski definition) is 0. The van der Waals surface area contributed by atoms with Crippen molar-refractivity contribution in [2.24, 2.45) is 0 Å². The average molecular weight is 919 g/mol. The molecular weight excluding hydrogens is 841 g/mol. The Morgan fingerprint density at radius 2 is 1.04 bits per heavy atom. The predicted molar refractivity (Wildman–Crippen MR) is 311 cm³/mol. The first-order valence-corrected chi connectivity index (χ1v) is 24.9. The molecule has 1 atom stereocenters. The second-order valence-electron chi connectivity index (χ2n) is 17.8. The standard InChI is InChI=1S/C26H24.C21H20.C10H14.C8H10.C3H8.C2H2/c1-19(2)18-25-20(3)23-16-10-11-17-24(23)26(25,21-12-6-4-7-13-21)22-14-8-5-9-15-22;1-15-8-11-18(12-9-15)19-13-10-17(3)21(14-19)20-7-5-4-6-16(20)2;1-3-9(2)10-7-5-4-6-8-10;1-3-5-7-8-6-4-2;1-3-2;1-2/h4-18H,1-3H3;4-14H,1-3H3;4-9H,3H2,1-2H3;1,5-8H,4H2,2H3;3H2,1-2H3;1-2H/b;;;7-5-,8-6-;;. The van der Waals surface area contributed by atoms with Crippen molar-refractivity contribution in [2.45, 2.75) is 107 Å². The first kappa shape index (κ1) is 56.9. The summed E-state index contributed by atoms with van der Waals surface area (Å²) in [5, 5.41) is 0. The lowest BCUT2D eigenvalue weighted by Crippen LogP contribution is -2.29. The zero-order valence-electron chi connectivity index (χ0n) is 44.1. The van der Waals surface area contributed by atoms with E-state index in [0.29, 0.717) is 5.92 Å². The molecule has 0 nitrogen and oxygen atoms in total. The summed E-state index contributed by atoms with van der Waals surface area (Å²) in [6.07, 6.45) is 26.4. The van der Waals surface area contributed by atoms with Crippen molar-refractivity contribution in [1.29, 1.82) is 0 Å². The molecule has 0 aliphatic heterocycles. The van der Waals surface area contributed by atoms with Crippen LogP contribution in [0.1, 0.15) is 125 Å². The highest BCUT2D eigenvalue weighted by Gasteiger charge is 2.45. The number of fused-ring (bicyclic) bond motifs is 1. The minimum Gasteiger partial charge on any atom is -0.124 e. The molecule has 0 spiro atoms. The van der Waals surface area contributed by atoms with Crippen molar-refractivity contribution < 1.29 is 0 Å². The van der Waals surface area contributed by atoms with E-state index in [1.165, 1.54) is 96.3 Å². The Balaban J connectivity index is 0.000000261. The number of hydrogen-bond donors (Lipinski definition) is 0. The molecule has 7 aromatic rings. The van der Waals surface area contributed by atoms with E-state index in [1.54, 1.807) is 6.08 Å². The third-order valence-corrected chi connectivity index (χ3v) is 12.1. The molecule has 0 heteroatoms. The SMILES string of the molecule is C#C.C#C/C=C\C=C/CC.CC(C)=CC1=C(C)c2ccccc2C1(c1ccccc1)c1ccccc1.CCC.CCC(C)c1ccccc1.Cc1ccc(-c2ccc(C)c(-c3ccccc3C)c2)cc1. The van der Waals surface area contributed by atoms with Crippen LogP contribution in [0.3, 0.4) is 0 Å². The monoisotopic (exact) mass is 919 g/mol. The van der Waals surface area contributed by atoms with Gasteiger partial charge in [-0.2, -0.15) is 0 Å². The number of allylic oxidation sites excluding steroid dienone is 8. The summed E-state index contributed by atoms with van der Waals surface area (Å²) >= 11 is 0. The zero-order chi connectivity index (χ0) is 51.3. The fourth-order valence-electron chi connectivity index (χ4n) is 8.43. The normalized spacial score (nSPS) is 12.1. The third kappa shape index (κ3) is 15.8. The van der Waals surface area contributed by atoms with E-state index >= 15 is 0 Å². The molecule has 0 heterocycles. The van der Waals surface area contributed by atoms with E-state index in [4.69, 9.17) is 6.42 Å².